The molecule has 0 amide bonds. The summed E-state index contributed by atoms with van der Waals surface area (Å²) in [5, 5.41) is 2.94. The number of rotatable bonds is 1. The third-order valence-electron chi connectivity index (χ3n) is 2.48. The van der Waals surface area contributed by atoms with Crippen molar-refractivity contribution in [2.45, 2.75) is 0 Å². The fourth-order valence-electron chi connectivity index (χ4n) is 1.57. The molecule has 1 N–H and O–H groups in total. The molecule has 0 saturated carbocycles. The Balaban J connectivity index is 1.93. The first-order valence-electron chi connectivity index (χ1n) is 5.67. The third kappa shape index (κ3) is 2.35. The van der Waals surface area contributed by atoms with Crippen molar-refractivity contribution in [1.29, 1.82) is 0 Å². The normalized spacial score (nSPS) is 9.95. The molecule has 0 radical (unpaired) electrons. The lowest BCUT2D eigenvalue weighted by atomic mass is 10.3. The maximum Gasteiger partial charge on any atom is 0.233 e. The van der Waals surface area contributed by atoms with Crippen LogP contribution in [0.5, 0.6) is 0 Å². The minimum atomic E-state index is 0.470. The van der Waals surface area contributed by atoms with E-state index in [9.17, 15) is 0 Å². The molecule has 6 nitrogen and oxygen atoms in total. The zero-order valence-corrected chi connectivity index (χ0v) is 10.2. The van der Waals surface area contributed by atoms with Gasteiger partial charge in [0.2, 0.25) is 11.6 Å². The van der Waals surface area contributed by atoms with E-state index in [1.54, 1.807) is 31.7 Å². The Morgan fingerprint density at radius 1 is 1.16 bits per heavy atom. The van der Waals surface area contributed by atoms with Crippen LogP contribution >= 0.6 is 0 Å². The highest BCUT2D eigenvalue weighted by molar-refractivity contribution is 5.41. The quantitative estimate of drug-likeness (QED) is 0.651. The number of hydrogen-bond donors (Lipinski definition) is 1. The lowest BCUT2D eigenvalue weighted by Gasteiger charge is -1.96. The second kappa shape index (κ2) is 4.74. The van der Waals surface area contributed by atoms with Gasteiger partial charge in [-0.3, -0.25) is 4.40 Å². The lowest BCUT2D eigenvalue weighted by Crippen LogP contribution is -1.96. The van der Waals surface area contributed by atoms with Crippen molar-refractivity contribution >= 4 is 11.6 Å². The molecule has 3 heterocycles. The highest BCUT2D eigenvalue weighted by Gasteiger charge is 1.96. The van der Waals surface area contributed by atoms with Crippen LogP contribution in [0.4, 0.5) is 5.82 Å². The van der Waals surface area contributed by atoms with Crippen LogP contribution in [0, 0.1) is 11.8 Å². The maximum atomic E-state index is 4.22. The summed E-state index contributed by atoms with van der Waals surface area (Å²) in [6, 6.07) is 1.78. The second-order valence-corrected chi connectivity index (χ2v) is 3.74. The van der Waals surface area contributed by atoms with Crippen molar-refractivity contribution in [2.75, 3.05) is 12.4 Å². The molecule has 3 aromatic rings. The summed E-state index contributed by atoms with van der Waals surface area (Å²) >= 11 is 0. The van der Waals surface area contributed by atoms with Crippen molar-refractivity contribution in [3.8, 4) is 11.8 Å². The van der Waals surface area contributed by atoms with E-state index in [0.717, 1.165) is 11.4 Å². The number of aromatic nitrogens is 5. The van der Waals surface area contributed by atoms with Gasteiger partial charge in [-0.15, -0.1) is 0 Å². The Kier molecular flexibility index (Phi) is 2.79. The Morgan fingerprint density at radius 2 is 2.11 bits per heavy atom. The molecule has 0 saturated heterocycles. The number of hydrogen-bond acceptors (Lipinski definition) is 5. The molecule has 0 aliphatic rings. The first kappa shape index (κ1) is 11.2. The van der Waals surface area contributed by atoms with Gasteiger partial charge in [-0.05, 0) is 12.0 Å². The van der Waals surface area contributed by atoms with Gasteiger partial charge in [0.15, 0.2) is 0 Å². The van der Waals surface area contributed by atoms with Crippen molar-refractivity contribution in [3.05, 3.63) is 48.4 Å². The maximum absolute atomic E-state index is 4.22. The van der Waals surface area contributed by atoms with Crippen LogP contribution in [0.25, 0.3) is 5.78 Å². The van der Waals surface area contributed by atoms with Gasteiger partial charge >= 0.3 is 0 Å². The smallest absolute Gasteiger partial charge is 0.233 e. The monoisotopic (exact) mass is 250 g/mol. The lowest BCUT2D eigenvalue weighted by molar-refractivity contribution is 1.10. The Hall–Kier alpha value is -2.94. The van der Waals surface area contributed by atoms with Gasteiger partial charge in [-0.2, -0.15) is 0 Å². The van der Waals surface area contributed by atoms with Crippen molar-refractivity contribution in [1.82, 2.24) is 24.3 Å². The Labute approximate surface area is 109 Å². The van der Waals surface area contributed by atoms with Gasteiger partial charge in [0, 0.05) is 38.0 Å². The molecule has 0 spiro atoms. The molecule has 0 unspecified atom stereocenters. The molecule has 0 aliphatic heterocycles. The molecule has 0 fully saturated rings. The van der Waals surface area contributed by atoms with Crippen LogP contribution in [0.15, 0.2) is 37.1 Å². The van der Waals surface area contributed by atoms with Gasteiger partial charge in [0.25, 0.3) is 0 Å². The van der Waals surface area contributed by atoms with Crippen molar-refractivity contribution in [3.63, 3.8) is 0 Å². The molecule has 0 aliphatic carbocycles. The second-order valence-electron chi connectivity index (χ2n) is 3.74. The minimum Gasteiger partial charge on any atom is -0.373 e. The molecule has 3 aromatic heterocycles. The standard InChI is InChI=1S/C13H10N6/c1-14-11-4-5-15-12(18-11)3-2-10-8-17-13-16-6-7-19(13)9-10/h4-9H,1H3,(H,14,15,18). The average Bonchev–Trinajstić information content (AvgIpc) is 2.93. The van der Waals surface area contributed by atoms with Gasteiger partial charge in [0.1, 0.15) is 5.82 Å². The summed E-state index contributed by atoms with van der Waals surface area (Å²) in [7, 11) is 1.80. The van der Waals surface area contributed by atoms with E-state index in [4.69, 9.17) is 0 Å². The van der Waals surface area contributed by atoms with Crippen molar-refractivity contribution in [2.24, 2.45) is 0 Å². The van der Waals surface area contributed by atoms with E-state index in [0.29, 0.717) is 11.6 Å². The number of fused-ring (bicyclic) bond motifs is 1. The van der Waals surface area contributed by atoms with E-state index >= 15 is 0 Å². The molecule has 6 heteroatoms. The summed E-state index contributed by atoms with van der Waals surface area (Å²) < 4.78 is 1.81. The summed E-state index contributed by atoms with van der Waals surface area (Å²) in [4.78, 5) is 16.6. The number of anilines is 1. The first-order valence-corrected chi connectivity index (χ1v) is 5.67. The van der Waals surface area contributed by atoms with Gasteiger partial charge in [-0.1, -0.05) is 5.92 Å². The van der Waals surface area contributed by atoms with Crippen LogP contribution in [-0.4, -0.2) is 31.4 Å². The molecule has 0 aromatic carbocycles. The zero-order valence-electron chi connectivity index (χ0n) is 10.2. The summed E-state index contributed by atoms with van der Waals surface area (Å²) in [5.74, 6) is 7.75. The van der Waals surface area contributed by atoms with E-state index < -0.39 is 0 Å². The topological polar surface area (TPSA) is 68.0 Å². The van der Waals surface area contributed by atoms with Gasteiger partial charge in [0.05, 0.1) is 5.56 Å². The first-order chi connectivity index (χ1) is 9.35. The van der Waals surface area contributed by atoms with Crippen LogP contribution in [0.1, 0.15) is 11.4 Å². The fourth-order valence-corrected chi connectivity index (χ4v) is 1.57. The SMILES string of the molecule is CNc1ccnc(C#Cc2cnc3nccn3c2)n1. The summed E-state index contributed by atoms with van der Waals surface area (Å²) in [6.07, 6.45) is 8.73. The summed E-state index contributed by atoms with van der Waals surface area (Å²) in [5.41, 5.74) is 0.781. The van der Waals surface area contributed by atoms with E-state index in [1.807, 2.05) is 16.8 Å². The molecular formula is C13H10N6. The van der Waals surface area contributed by atoms with E-state index in [1.165, 1.54) is 0 Å². The number of nitrogens with one attached hydrogen (secondary N) is 1. The molecular weight excluding hydrogens is 240 g/mol. The predicted octanol–water partition coefficient (Wildman–Crippen LogP) is 0.961. The van der Waals surface area contributed by atoms with E-state index in [2.05, 4.69) is 37.1 Å². The molecule has 19 heavy (non-hydrogen) atoms. The predicted molar refractivity (Wildman–Crippen MR) is 70.5 cm³/mol. The Morgan fingerprint density at radius 3 is 3.00 bits per heavy atom. The number of imidazole rings is 1. The van der Waals surface area contributed by atoms with Gasteiger partial charge < -0.3 is 5.32 Å². The van der Waals surface area contributed by atoms with Crippen LogP contribution < -0.4 is 5.32 Å². The van der Waals surface area contributed by atoms with Gasteiger partial charge in [-0.25, -0.2) is 19.9 Å². The van der Waals surface area contributed by atoms with Crippen LogP contribution in [0.3, 0.4) is 0 Å². The average molecular weight is 250 g/mol. The zero-order chi connectivity index (χ0) is 13.1. The Bertz CT molecular complexity index is 780. The fraction of sp³-hybridized carbons (Fsp3) is 0.0769. The largest absolute Gasteiger partial charge is 0.373 e. The molecule has 0 bridgehead atoms. The molecule has 92 valence electrons. The van der Waals surface area contributed by atoms with E-state index in [-0.39, 0.29) is 0 Å². The third-order valence-corrected chi connectivity index (χ3v) is 2.48. The van der Waals surface area contributed by atoms with Crippen LogP contribution in [0.2, 0.25) is 0 Å². The highest BCUT2D eigenvalue weighted by atomic mass is 15.1. The highest BCUT2D eigenvalue weighted by Crippen LogP contribution is 2.01. The molecule has 0 atom stereocenters. The molecule has 3 rings (SSSR count). The number of nitrogens with zero attached hydrogens (tertiary/aromatic N) is 5. The van der Waals surface area contributed by atoms with Crippen LogP contribution in [-0.2, 0) is 0 Å². The minimum absolute atomic E-state index is 0.470. The summed E-state index contributed by atoms with van der Waals surface area (Å²) in [6.45, 7) is 0. The van der Waals surface area contributed by atoms with Crippen molar-refractivity contribution < 1.29 is 0 Å².